The van der Waals surface area contributed by atoms with Gasteiger partial charge in [-0.25, -0.2) is 4.98 Å². The van der Waals surface area contributed by atoms with Crippen LogP contribution < -0.4 is 10.6 Å². The van der Waals surface area contributed by atoms with Crippen molar-refractivity contribution >= 4 is 55.5 Å². The Kier molecular flexibility index (Phi) is 4.33. The summed E-state index contributed by atoms with van der Waals surface area (Å²) in [6, 6.07) is 6.73. The van der Waals surface area contributed by atoms with Gasteiger partial charge in [0, 0.05) is 12.4 Å². The quantitative estimate of drug-likeness (QED) is 0.561. The average Bonchev–Trinajstić information content (AvgIpc) is 3.29. The van der Waals surface area contributed by atoms with E-state index in [1.54, 1.807) is 42.0 Å². The molecular formula is C16H10N6O2S2. The smallest absolute Gasteiger partial charge is 0.285 e. The number of hydrogen-bond acceptors (Lipinski definition) is 8. The van der Waals surface area contributed by atoms with E-state index in [-0.39, 0.29) is 11.8 Å². The molecule has 0 atom stereocenters. The second-order valence-electron chi connectivity index (χ2n) is 5.04. The molecule has 0 aliphatic heterocycles. The van der Waals surface area contributed by atoms with Crippen molar-refractivity contribution in [1.82, 2.24) is 20.2 Å². The molecule has 26 heavy (non-hydrogen) atoms. The van der Waals surface area contributed by atoms with Crippen molar-refractivity contribution in [2.24, 2.45) is 0 Å². The van der Waals surface area contributed by atoms with Crippen molar-refractivity contribution in [2.45, 2.75) is 0 Å². The zero-order valence-electron chi connectivity index (χ0n) is 13.0. The van der Waals surface area contributed by atoms with Crippen LogP contribution >= 0.6 is 22.7 Å². The average molecular weight is 382 g/mol. The van der Waals surface area contributed by atoms with Crippen molar-refractivity contribution in [2.75, 3.05) is 10.6 Å². The number of thiophene rings is 1. The fourth-order valence-electron chi connectivity index (χ4n) is 2.17. The Morgan fingerprint density at radius 1 is 1.04 bits per heavy atom. The van der Waals surface area contributed by atoms with Crippen molar-refractivity contribution in [1.29, 1.82) is 0 Å². The van der Waals surface area contributed by atoms with E-state index in [2.05, 4.69) is 30.8 Å². The van der Waals surface area contributed by atoms with E-state index in [9.17, 15) is 9.59 Å². The van der Waals surface area contributed by atoms with E-state index in [1.165, 1.54) is 28.9 Å². The summed E-state index contributed by atoms with van der Waals surface area (Å²) >= 11 is 2.52. The Balaban J connectivity index is 1.53. The molecule has 0 saturated heterocycles. The molecule has 0 radical (unpaired) electrons. The molecule has 0 unspecified atom stereocenters. The summed E-state index contributed by atoms with van der Waals surface area (Å²) < 4.78 is 0.872. The molecule has 2 N–H and O–H groups in total. The predicted molar refractivity (Wildman–Crippen MR) is 99.7 cm³/mol. The van der Waals surface area contributed by atoms with Crippen molar-refractivity contribution in [3.05, 3.63) is 58.8 Å². The summed E-state index contributed by atoms with van der Waals surface area (Å²) in [6.45, 7) is 0. The number of fused-ring (bicyclic) bond motifs is 1. The van der Waals surface area contributed by atoms with Crippen LogP contribution in [0.15, 0.2) is 48.2 Å². The maximum Gasteiger partial charge on any atom is 0.285 e. The molecule has 0 fully saturated rings. The van der Waals surface area contributed by atoms with Gasteiger partial charge in [-0.15, -0.1) is 27.8 Å². The van der Waals surface area contributed by atoms with Crippen LogP contribution in [0, 0.1) is 0 Å². The number of thiazole rings is 1. The second-order valence-corrected chi connectivity index (χ2v) is 6.99. The summed E-state index contributed by atoms with van der Waals surface area (Å²) in [4.78, 5) is 33.1. The number of pyridine rings is 1. The molecule has 4 aromatic rings. The van der Waals surface area contributed by atoms with Crippen LogP contribution in [0.25, 0.3) is 10.2 Å². The van der Waals surface area contributed by atoms with E-state index < -0.39 is 0 Å². The van der Waals surface area contributed by atoms with E-state index >= 15 is 0 Å². The highest BCUT2D eigenvalue weighted by Crippen LogP contribution is 2.26. The molecule has 4 aromatic heterocycles. The maximum atomic E-state index is 12.5. The van der Waals surface area contributed by atoms with Crippen LogP contribution in [-0.4, -0.2) is 32.0 Å². The maximum absolute atomic E-state index is 12.5. The Morgan fingerprint density at radius 2 is 1.96 bits per heavy atom. The monoisotopic (exact) mass is 382 g/mol. The summed E-state index contributed by atoms with van der Waals surface area (Å²) in [5, 5.41) is 15.4. The van der Waals surface area contributed by atoms with Gasteiger partial charge in [-0.1, -0.05) is 0 Å². The summed E-state index contributed by atoms with van der Waals surface area (Å²) in [5.41, 5.74) is 1.01. The first-order valence-corrected chi connectivity index (χ1v) is 9.09. The molecular weight excluding hydrogens is 372 g/mol. The standard InChI is InChI=1S/C16H10N6O2S2/c23-13(20-12-2-1-5-18-22-12)9-4-7-25-15(9)21-14(24)16-19-10-8-17-6-3-11(10)26-16/h1-8H,(H,21,24)(H,20,22,23). The lowest BCUT2D eigenvalue weighted by molar-refractivity contribution is 0.102. The van der Waals surface area contributed by atoms with Crippen LogP contribution in [0.3, 0.4) is 0 Å². The van der Waals surface area contributed by atoms with Gasteiger partial charge in [-0.3, -0.25) is 14.6 Å². The lowest BCUT2D eigenvalue weighted by Crippen LogP contribution is -2.17. The highest BCUT2D eigenvalue weighted by Gasteiger charge is 2.18. The van der Waals surface area contributed by atoms with Crippen molar-refractivity contribution < 1.29 is 9.59 Å². The van der Waals surface area contributed by atoms with E-state index in [0.29, 0.717) is 26.9 Å². The molecule has 0 saturated carbocycles. The van der Waals surface area contributed by atoms with Gasteiger partial charge in [0.25, 0.3) is 11.8 Å². The van der Waals surface area contributed by atoms with Crippen LogP contribution in [0.4, 0.5) is 10.8 Å². The number of amides is 2. The Labute approximate surface area is 155 Å². The van der Waals surface area contributed by atoms with Gasteiger partial charge in [0.05, 0.1) is 16.5 Å². The molecule has 0 aromatic carbocycles. The minimum absolute atomic E-state index is 0.307. The number of anilines is 2. The molecule has 4 heterocycles. The minimum Gasteiger partial charge on any atom is -0.311 e. The zero-order chi connectivity index (χ0) is 17.9. The summed E-state index contributed by atoms with van der Waals surface area (Å²) in [7, 11) is 0. The van der Waals surface area contributed by atoms with Gasteiger partial charge in [-0.2, -0.15) is 5.10 Å². The number of carbonyl (C=O) groups is 2. The predicted octanol–water partition coefficient (Wildman–Crippen LogP) is 3.05. The van der Waals surface area contributed by atoms with Gasteiger partial charge in [0.2, 0.25) is 0 Å². The van der Waals surface area contributed by atoms with Crippen molar-refractivity contribution in [3.8, 4) is 0 Å². The molecule has 0 spiro atoms. The van der Waals surface area contributed by atoms with Crippen LogP contribution in [0.5, 0.6) is 0 Å². The summed E-state index contributed by atoms with van der Waals surface area (Å²) in [6.07, 6.45) is 4.77. The number of nitrogens with one attached hydrogen (secondary N) is 2. The fraction of sp³-hybridized carbons (Fsp3) is 0. The number of aromatic nitrogens is 4. The number of hydrogen-bond donors (Lipinski definition) is 2. The van der Waals surface area contributed by atoms with E-state index in [0.717, 1.165) is 4.70 Å². The molecule has 2 amide bonds. The van der Waals surface area contributed by atoms with E-state index in [1.807, 2.05) is 0 Å². The molecule has 8 nitrogen and oxygen atoms in total. The summed E-state index contributed by atoms with van der Waals surface area (Å²) in [5.74, 6) is -0.419. The molecule has 10 heteroatoms. The number of carbonyl (C=O) groups excluding carboxylic acids is 2. The topological polar surface area (TPSA) is 110 Å². The number of rotatable bonds is 4. The SMILES string of the molecule is O=C(Nc1sccc1C(=O)Nc1cccnn1)c1nc2cnccc2s1. The molecule has 0 bridgehead atoms. The fourth-order valence-corrected chi connectivity index (χ4v) is 3.78. The largest absolute Gasteiger partial charge is 0.311 e. The van der Waals surface area contributed by atoms with Crippen LogP contribution in [0.2, 0.25) is 0 Å². The van der Waals surface area contributed by atoms with Gasteiger partial charge in [0.1, 0.15) is 10.5 Å². The first kappa shape index (κ1) is 16.2. The van der Waals surface area contributed by atoms with E-state index in [4.69, 9.17) is 0 Å². The van der Waals surface area contributed by atoms with Gasteiger partial charge >= 0.3 is 0 Å². The van der Waals surface area contributed by atoms with Crippen LogP contribution in [-0.2, 0) is 0 Å². The lowest BCUT2D eigenvalue weighted by atomic mass is 10.3. The third-order valence-electron chi connectivity index (χ3n) is 3.33. The Bertz CT molecular complexity index is 1060. The minimum atomic E-state index is -0.379. The van der Waals surface area contributed by atoms with Crippen molar-refractivity contribution in [3.63, 3.8) is 0 Å². The third-order valence-corrected chi connectivity index (χ3v) is 5.20. The third kappa shape index (κ3) is 3.27. The lowest BCUT2D eigenvalue weighted by Gasteiger charge is -2.05. The zero-order valence-corrected chi connectivity index (χ0v) is 14.7. The highest BCUT2D eigenvalue weighted by molar-refractivity contribution is 7.20. The van der Waals surface area contributed by atoms with Gasteiger partial charge < -0.3 is 10.6 Å². The molecule has 0 aliphatic carbocycles. The molecule has 4 rings (SSSR count). The second kappa shape index (κ2) is 6.94. The van der Waals surface area contributed by atoms with Crippen LogP contribution in [0.1, 0.15) is 20.2 Å². The normalized spacial score (nSPS) is 10.6. The highest BCUT2D eigenvalue weighted by atomic mass is 32.1. The first-order valence-electron chi connectivity index (χ1n) is 7.39. The Hall–Kier alpha value is -3.24. The van der Waals surface area contributed by atoms with Gasteiger partial charge in [-0.05, 0) is 29.6 Å². The first-order chi connectivity index (χ1) is 12.7. The number of nitrogens with zero attached hydrogens (tertiary/aromatic N) is 4. The molecule has 128 valence electrons. The molecule has 0 aliphatic rings. The van der Waals surface area contributed by atoms with Gasteiger partial charge in [0.15, 0.2) is 10.8 Å². The Morgan fingerprint density at radius 3 is 2.77 bits per heavy atom.